The van der Waals surface area contributed by atoms with Crippen molar-refractivity contribution in [3.05, 3.63) is 0 Å². The normalized spacial score (nSPS) is 35.4. The van der Waals surface area contributed by atoms with E-state index in [0.29, 0.717) is 0 Å². The zero-order valence-electron chi connectivity index (χ0n) is 14.6. The molecular weight excluding hydrogens is 228 g/mol. The molecule has 1 aliphatic carbocycles. The van der Waals surface area contributed by atoms with Crippen LogP contribution >= 0.6 is 0 Å². The fourth-order valence-corrected chi connectivity index (χ4v) is 4.28. The summed E-state index contributed by atoms with van der Waals surface area (Å²) in [4.78, 5) is 0. The van der Waals surface area contributed by atoms with Crippen molar-refractivity contribution in [3.63, 3.8) is 0 Å². The van der Waals surface area contributed by atoms with Crippen molar-refractivity contribution < 1.29 is 0 Å². The summed E-state index contributed by atoms with van der Waals surface area (Å²) in [7, 11) is 0. The van der Waals surface area contributed by atoms with Crippen LogP contribution < -0.4 is 0 Å². The molecule has 0 aromatic carbocycles. The molecule has 0 heterocycles. The van der Waals surface area contributed by atoms with E-state index in [9.17, 15) is 0 Å². The summed E-state index contributed by atoms with van der Waals surface area (Å²) in [5, 5.41) is 0. The first-order valence-corrected chi connectivity index (χ1v) is 8.86. The Labute approximate surface area is 122 Å². The van der Waals surface area contributed by atoms with Gasteiger partial charge in [0.1, 0.15) is 0 Å². The molecule has 0 aliphatic heterocycles. The SMILES string of the molecule is CCCC(C)C1CC(C)C(CC(C)C(C)C)CC1C. The van der Waals surface area contributed by atoms with E-state index in [4.69, 9.17) is 0 Å². The maximum atomic E-state index is 2.52. The van der Waals surface area contributed by atoms with Crippen LogP contribution in [-0.2, 0) is 0 Å². The van der Waals surface area contributed by atoms with E-state index in [1.807, 2.05) is 0 Å². The molecule has 19 heavy (non-hydrogen) atoms. The lowest BCUT2D eigenvalue weighted by atomic mass is 9.63. The lowest BCUT2D eigenvalue weighted by Gasteiger charge is -2.43. The van der Waals surface area contributed by atoms with Crippen molar-refractivity contribution in [1.29, 1.82) is 0 Å². The second-order valence-corrected chi connectivity index (χ2v) is 8.07. The molecule has 0 spiro atoms. The second kappa shape index (κ2) is 7.70. The van der Waals surface area contributed by atoms with E-state index in [2.05, 4.69) is 48.5 Å². The van der Waals surface area contributed by atoms with Crippen LogP contribution in [0.15, 0.2) is 0 Å². The number of hydrogen-bond donors (Lipinski definition) is 0. The van der Waals surface area contributed by atoms with E-state index in [1.54, 1.807) is 0 Å². The molecule has 0 bridgehead atoms. The van der Waals surface area contributed by atoms with Crippen LogP contribution in [0.2, 0.25) is 0 Å². The van der Waals surface area contributed by atoms with E-state index in [0.717, 1.165) is 41.4 Å². The molecular formula is C19H38. The molecule has 0 heteroatoms. The van der Waals surface area contributed by atoms with Crippen LogP contribution in [0.1, 0.15) is 80.6 Å². The standard InChI is InChI=1S/C19H38/c1-8-9-14(4)19-12-16(6)18(11-17(19)7)10-15(5)13(2)3/h13-19H,8-12H2,1-7H3. The van der Waals surface area contributed by atoms with E-state index < -0.39 is 0 Å². The van der Waals surface area contributed by atoms with Gasteiger partial charge in [-0.1, -0.05) is 61.3 Å². The fourth-order valence-electron chi connectivity index (χ4n) is 4.28. The van der Waals surface area contributed by atoms with E-state index in [-0.39, 0.29) is 0 Å². The quantitative estimate of drug-likeness (QED) is 0.521. The first-order chi connectivity index (χ1) is 8.86. The van der Waals surface area contributed by atoms with Crippen LogP contribution in [0.25, 0.3) is 0 Å². The highest BCUT2D eigenvalue weighted by molar-refractivity contribution is 4.85. The molecule has 114 valence electrons. The minimum atomic E-state index is 0.847. The van der Waals surface area contributed by atoms with Gasteiger partial charge in [-0.25, -0.2) is 0 Å². The Balaban J connectivity index is 2.55. The predicted octanol–water partition coefficient (Wildman–Crippen LogP) is 6.40. The zero-order valence-corrected chi connectivity index (χ0v) is 14.6. The Morgan fingerprint density at radius 3 is 2.11 bits per heavy atom. The van der Waals surface area contributed by atoms with Crippen molar-refractivity contribution in [3.8, 4) is 0 Å². The van der Waals surface area contributed by atoms with Gasteiger partial charge in [0.15, 0.2) is 0 Å². The first kappa shape index (κ1) is 17.1. The summed E-state index contributed by atoms with van der Waals surface area (Å²) in [6.45, 7) is 17.1. The summed E-state index contributed by atoms with van der Waals surface area (Å²) in [6.07, 6.45) is 7.20. The molecule has 1 fully saturated rings. The smallest absolute Gasteiger partial charge is 0.0360 e. The third-order valence-corrected chi connectivity index (χ3v) is 6.14. The van der Waals surface area contributed by atoms with Crippen molar-refractivity contribution in [2.24, 2.45) is 41.4 Å². The summed E-state index contributed by atoms with van der Waals surface area (Å²) < 4.78 is 0. The molecule has 0 aromatic heterocycles. The highest BCUT2D eigenvalue weighted by Gasteiger charge is 2.35. The van der Waals surface area contributed by atoms with Gasteiger partial charge in [0, 0.05) is 0 Å². The average molecular weight is 267 g/mol. The van der Waals surface area contributed by atoms with Gasteiger partial charge >= 0.3 is 0 Å². The first-order valence-electron chi connectivity index (χ1n) is 8.86. The van der Waals surface area contributed by atoms with Gasteiger partial charge in [-0.05, 0) is 60.7 Å². The van der Waals surface area contributed by atoms with Gasteiger partial charge in [-0.3, -0.25) is 0 Å². The minimum absolute atomic E-state index is 0.847. The second-order valence-electron chi connectivity index (χ2n) is 8.07. The summed E-state index contributed by atoms with van der Waals surface area (Å²) >= 11 is 0. The van der Waals surface area contributed by atoms with Crippen LogP contribution in [0, 0.1) is 41.4 Å². The lowest BCUT2D eigenvalue weighted by Crippen LogP contribution is -2.33. The van der Waals surface area contributed by atoms with Gasteiger partial charge in [0.05, 0.1) is 0 Å². The minimum Gasteiger partial charge on any atom is -0.0654 e. The van der Waals surface area contributed by atoms with Gasteiger partial charge < -0.3 is 0 Å². The third kappa shape index (κ3) is 4.80. The molecule has 0 radical (unpaired) electrons. The predicted molar refractivity (Wildman–Crippen MR) is 87.2 cm³/mol. The average Bonchev–Trinajstić information content (AvgIpc) is 2.33. The van der Waals surface area contributed by atoms with Crippen LogP contribution in [0.4, 0.5) is 0 Å². The van der Waals surface area contributed by atoms with Gasteiger partial charge in [-0.15, -0.1) is 0 Å². The number of hydrogen-bond acceptors (Lipinski definition) is 0. The molecule has 6 unspecified atom stereocenters. The molecule has 0 N–H and O–H groups in total. The Bertz CT molecular complexity index is 242. The van der Waals surface area contributed by atoms with Crippen molar-refractivity contribution in [1.82, 2.24) is 0 Å². The molecule has 0 nitrogen and oxygen atoms in total. The molecule has 1 aliphatic rings. The Morgan fingerprint density at radius 2 is 1.58 bits per heavy atom. The molecule has 0 saturated heterocycles. The molecule has 1 rings (SSSR count). The molecule has 0 aromatic rings. The van der Waals surface area contributed by atoms with Crippen molar-refractivity contribution in [2.45, 2.75) is 80.6 Å². The summed E-state index contributed by atoms with van der Waals surface area (Å²) in [5.74, 6) is 6.54. The van der Waals surface area contributed by atoms with Crippen LogP contribution in [-0.4, -0.2) is 0 Å². The maximum Gasteiger partial charge on any atom is -0.0360 e. The molecule has 6 atom stereocenters. The van der Waals surface area contributed by atoms with E-state index >= 15 is 0 Å². The Hall–Kier alpha value is 0. The lowest BCUT2D eigenvalue weighted by molar-refractivity contribution is 0.0742. The van der Waals surface area contributed by atoms with E-state index in [1.165, 1.54) is 32.1 Å². The summed E-state index contributed by atoms with van der Waals surface area (Å²) in [5.41, 5.74) is 0. The van der Waals surface area contributed by atoms with Gasteiger partial charge in [0.25, 0.3) is 0 Å². The highest BCUT2D eigenvalue weighted by atomic mass is 14.4. The highest BCUT2D eigenvalue weighted by Crippen LogP contribution is 2.44. The van der Waals surface area contributed by atoms with Crippen LogP contribution in [0.5, 0.6) is 0 Å². The fraction of sp³-hybridized carbons (Fsp3) is 1.00. The molecule has 1 saturated carbocycles. The Morgan fingerprint density at radius 1 is 0.947 bits per heavy atom. The molecule has 0 amide bonds. The van der Waals surface area contributed by atoms with Crippen LogP contribution in [0.3, 0.4) is 0 Å². The third-order valence-electron chi connectivity index (χ3n) is 6.14. The maximum absolute atomic E-state index is 2.52. The van der Waals surface area contributed by atoms with Gasteiger partial charge in [0.2, 0.25) is 0 Å². The topological polar surface area (TPSA) is 0 Å². The zero-order chi connectivity index (χ0) is 14.6. The number of rotatable bonds is 6. The largest absolute Gasteiger partial charge is 0.0654 e. The monoisotopic (exact) mass is 266 g/mol. The van der Waals surface area contributed by atoms with Crippen molar-refractivity contribution in [2.75, 3.05) is 0 Å². The van der Waals surface area contributed by atoms with Crippen molar-refractivity contribution >= 4 is 0 Å². The van der Waals surface area contributed by atoms with Gasteiger partial charge in [-0.2, -0.15) is 0 Å². The Kier molecular flexibility index (Phi) is 6.91. The summed E-state index contributed by atoms with van der Waals surface area (Å²) in [6, 6.07) is 0.